The summed E-state index contributed by atoms with van der Waals surface area (Å²) in [5, 5.41) is 13.1. The summed E-state index contributed by atoms with van der Waals surface area (Å²) in [4.78, 5) is 0. The van der Waals surface area contributed by atoms with E-state index in [1.807, 2.05) is 0 Å². The highest BCUT2D eigenvalue weighted by molar-refractivity contribution is 5.38. The summed E-state index contributed by atoms with van der Waals surface area (Å²) in [5.74, 6) is 1.49. The quantitative estimate of drug-likeness (QED) is 0.815. The first kappa shape index (κ1) is 10.4. The molecule has 0 saturated carbocycles. The number of aromatic nitrogens is 2. The van der Waals surface area contributed by atoms with Gasteiger partial charge in [-0.1, -0.05) is 0 Å². The van der Waals surface area contributed by atoms with E-state index in [2.05, 4.69) is 5.10 Å². The number of benzene rings is 1. The molecule has 0 aliphatic carbocycles. The van der Waals surface area contributed by atoms with Gasteiger partial charge in [0.25, 0.3) is 0 Å². The van der Waals surface area contributed by atoms with E-state index in [9.17, 15) is 0 Å². The Bertz CT molecular complexity index is 476. The van der Waals surface area contributed by atoms with E-state index in [0.29, 0.717) is 18.2 Å². The average molecular weight is 219 g/mol. The van der Waals surface area contributed by atoms with Crippen molar-refractivity contribution in [1.82, 2.24) is 9.78 Å². The van der Waals surface area contributed by atoms with Crippen molar-refractivity contribution in [2.75, 3.05) is 5.73 Å². The average Bonchev–Trinajstić information content (AvgIpc) is 2.60. The van der Waals surface area contributed by atoms with Gasteiger partial charge < -0.3 is 15.6 Å². The number of aromatic hydroxyl groups is 1. The molecule has 0 unspecified atom stereocenters. The second-order valence-corrected chi connectivity index (χ2v) is 3.46. The fourth-order valence-electron chi connectivity index (χ4n) is 1.31. The second kappa shape index (κ2) is 4.14. The van der Waals surface area contributed by atoms with Gasteiger partial charge in [0.05, 0.1) is 11.8 Å². The lowest BCUT2D eigenvalue weighted by Gasteiger charge is -2.05. The van der Waals surface area contributed by atoms with Crippen molar-refractivity contribution in [3.8, 4) is 11.5 Å². The topological polar surface area (TPSA) is 73.3 Å². The number of nitrogen functional groups attached to an aromatic ring is 1. The SMILES string of the molecule is Cn1ncc(COc2ccc(O)cc2)c1N. The molecule has 5 nitrogen and oxygen atoms in total. The van der Waals surface area contributed by atoms with E-state index in [1.165, 1.54) is 0 Å². The van der Waals surface area contributed by atoms with Crippen LogP contribution in [0.4, 0.5) is 5.82 Å². The minimum absolute atomic E-state index is 0.216. The minimum atomic E-state index is 0.216. The zero-order chi connectivity index (χ0) is 11.5. The third-order valence-electron chi connectivity index (χ3n) is 2.30. The number of phenols is 1. The number of ether oxygens (including phenoxy) is 1. The van der Waals surface area contributed by atoms with Gasteiger partial charge in [0.15, 0.2) is 0 Å². The third-order valence-corrected chi connectivity index (χ3v) is 2.30. The van der Waals surface area contributed by atoms with Gasteiger partial charge in [0.2, 0.25) is 0 Å². The van der Waals surface area contributed by atoms with Crippen LogP contribution in [0.2, 0.25) is 0 Å². The lowest BCUT2D eigenvalue weighted by molar-refractivity contribution is 0.306. The molecule has 0 aliphatic rings. The first-order valence-corrected chi connectivity index (χ1v) is 4.85. The summed E-state index contributed by atoms with van der Waals surface area (Å²) < 4.78 is 7.09. The van der Waals surface area contributed by atoms with Crippen LogP contribution in [0, 0.1) is 0 Å². The molecule has 0 fully saturated rings. The normalized spacial score (nSPS) is 10.3. The van der Waals surface area contributed by atoms with E-state index in [4.69, 9.17) is 15.6 Å². The van der Waals surface area contributed by atoms with Gasteiger partial charge in [0, 0.05) is 7.05 Å². The molecule has 0 radical (unpaired) electrons. The number of nitrogens with two attached hydrogens (primary N) is 1. The minimum Gasteiger partial charge on any atom is -0.508 e. The molecule has 2 aromatic rings. The van der Waals surface area contributed by atoms with Crippen LogP contribution in [0.5, 0.6) is 11.5 Å². The smallest absolute Gasteiger partial charge is 0.127 e. The Kier molecular flexibility index (Phi) is 2.68. The van der Waals surface area contributed by atoms with E-state index in [-0.39, 0.29) is 5.75 Å². The molecule has 0 saturated heterocycles. The first-order chi connectivity index (χ1) is 7.66. The van der Waals surface area contributed by atoms with Gasteiger partial charge in [-0.15, -0.1) is 0 Å². The second-order valence-electron chi connectivity index (χ2n) is 3.46. The van der Waals surface area contributed by atoms with Crippen LogP contribution in [-0.2, 0) is 13.7 Å². The van der Waals surface area contributed by atoms with Crippen LogP contribution < -0.4 is 10.5 Å². The fourth-order valence-corrected chi connectivity index (χ4v) is 1.31. The Hall–Kier alpha value is -2.17. The molecule has 5 heteroatoms. The van der Waals surface area contributed by atoms with E-state index in [0.717, 1.165) is 5.56 Å². The van der Waals surface area contributed by atoms with Crippen molar-refractivity contribution in [1.29, 1.82) is 0 Å². The van der Waals surface area contributed by atoms with Crippen LogP contribution in [0.25, 0.3) is 0 Å². The Morgan fingerprint density at radius 3 is 2.62 bits per heavy atom. The number of hydrogen-bond donors (Lipinski definition) is 2. The zero-order valence-electron chi connectivity index (χ0n) is 8.92. The van der Waals surface area contributed by atoms with Crippen molar-refractivity contribution in [2.24, 2.45) is 7.05 Å². The van der Waals surface area contributed by atoms with Crippen molar-refractivity contribution < 1.29 is 9.84 Å². The van der Waals surface area contributed by atoms with Crippen LogP contribution in [-0.4, -0.2) is 14.9 Å². The molecule has 0 amide bonds. The molecule has 0 aliphatic heterocycles. The number of hydrogen-bond acceptors (Lipinski definition) is 4. The van der Waals surface area contributed by atoms with E-state index in [1.54, 1.807) is 42.2 Å². The van der Waals surface area contributed by atoms with Crippen molar-refractivity contribution in [3.63, 3.8) is 0 Å². The van der Waals surface area contributed by atoms with Gasteiger partial charge in [0.1, 0.15) is 23.9 Å². The molecule has 1 aromatic heterocycles. The fraction of sp³-hybridized carbons (Fsp3) is 0.182. The van der Waals surface area contributed by atoms with Crippen molar-refractivity contribution in [3.05, 3.63) is 36.0 Å². The first-order valence-electron chi connectivity index (χ1n) is 4.85. The molecule has 0 spiro atoms. The van der Waals surface area contributed by atoms with Gasteiger partial charge in [-0.05, 0) is 24.3 Å². The zero-order valence-corrected chi connectivity index (χ0v) is 8.92. The molecule has 1 heterocycles. The van der Waals surface area contributed by atoms with Gasteiger partial charge in [-0.2, -0.15) is 5.10 Å². The molecule has 0 atom stereocenters. The van der Waals surface area contributed by atoms with Crippen molar-refractivity contribution in [2.45, 2.75) is 6.61 Å². The molecular weight excluding hydrogens is 206 g/mol. The molecule has 2 rings (SSSR count). The van der Waals surface area contributed by atoms with Gasteiger partial charge >= 0.3 is 0 Å². The molecule has 16 heavy (non-hydrogen) atoms. The van der Waals surface area contributed by atoms with Crippen LogP contribution in [0.3, 0.4) is 0 Å². The van der Waals surface area contributed by atoms with E-state index < -0.39 is 0 Å². The Morgan fingerprint density at radius 1 is 1.38 bits per heavy atom. The van der Waals surface area contributed by atoms with Gasteiger partial charge in [-0.3, -0.25) is 4.68 Å². The Balaban J connectivity index is 2.02. The molecule has 84 valence electrons. The predicted octanol–water partition coefficient (Wildman–Crippen LogP) is 1.29. The summed E-state index contributed by atoms with van der Waals surface area (Å²) in [6.45, 7) is 0.366. The highest BCUT2D eigenvalue weighted by Crippen LogP contribution is 2.18. The lowest BCUT2D eigenvalue weighted by atomic mass is 10.3. The number of rotatable bonds is 3. The summed E-state index contributed by atoms with van der Waals surface area (Å²) >= 11 is 0. The van der Waals surface area contributed by atoms with Crippen molar-refractivity contribution >= 4 is 5.82 Å². The molecule has 3 N–H and O–H groups in total. The Morgan fingerprint density at radius 2 is 2.06 bits per heavy atom. The van der Waals surface area contributed by atoms with Gasteiger partial charge in [-0.25, -0.2) is 0 Å². The monoisotopic (exact) mass is 219 g/mol. The standard InChI is InChI=1S/C11H13N3O2/c1-14-11(12)8(6-13-14)7-16-10-4-2-9(15)3-5-10/h2-6,15H,7,12H2,1H3. The van der Waals surface area contributed by atoms with Crippen LogP contribution in [0.15, 0.2) is 30.5 Å². The molecular formula is C11H13N3O2. The number of phenolic OH excluding ortho intramolecular Hbond substituents is 1. The largest absolute Gasteiger partial charge is 0.508 e. The summed E-state index contributed by atoms with van der Waals surface area (Å²) in [5.41, 5.74) is 6.61. The molecule has 1 aromatic carbocycles. The third kappa shape index (κ3) is 2.08. The maximum Gasteiger partial charge on any atom is 0.127 e. The lowest BCUT2D eigenvalue weighted by Crippen LogP contribution is -2.02. The summed E-state index contributed by atoms with van der Waals surface area (Å²) in [6, 6.07) is 6.54. The summed E-state index contributed by atoms with van der Waals surface area (Å²) in [6.07, 6.45) is 1.68. The molecule has 0 bridgehead atoms. The van der Waals surface area contributed by atoms with Crippen LogP contribution >= 0.6 is 0 Å². The van der Waals surface area contributed by atoms with E-state index >= 15 is 0 Å². The maximum absolute atomic E-state index is 9.10. The highest BCUT2D eigenvalue weighted by Gasteiger charge is 2.05. The Labute approximate surface area is 93.1 Å². The number of aryl methyl sites for hydroxylation is 1. The predicted molar refractivity (Wildman–Crippen MR) is 60.1 cm³/mol. The number of nitrogens with zero attached hydrogens (tertiary/aromatic N) is 2. The van der Waals surface area contributed by atoms with Crippen LogP contribution in [0.1, 0.15) is 5.56 Å². The number of anilines is 1. The summed E-state index contributed by atoms with van der Waals surface area (Å²) in [7, 11) is 1.78. The highest BCUT2D eigenvalue weighted by atomic mass is 16.5. The maximum atomic E-state index is 9.10.